The summed E-state index contributed by atoms with van der Waals surface area (Å²) in [7, 11) is 0. The van der Waals surface area contributed by atoms with Gasteiger partial charge in [-0.05, 0) is 49.1 Å². The molecule has 3 aromatic rings. The molecule has 7 heteroatoms. The zero-order chi connectivity index (χ0) is 21.3. The molecule has 1 aliphatic heterocycles. The molecule has 1 saturated heterocycles. The highest BCUT2D eigenvalue weighted by Crippen LogP contribution is 2.18. The Morgan fingerprint density at radius 3 is 2.59 bits per heavy atom. The van der Waals surface area contributed by atoms with Crippen LogP contribution in [0.2, 0.25) is 0 Å². The second-order valence-electron chi connectivity index (χ2n) is 8.01. The first-order valence-corrected chi connectivity index (χ1v) is 11.0. The number of piperidine rings is 1. The van der Waals surface area contributed by atoms with Crippen LogP contribution in [0.25, 0.3) is 0 Å². The highest BCUT2D eigenvalue weighted by molar-refractivity contribution is 14.0. The number of aliphatic imine (C=N–C) groups is 1. The first-order valence-electron chi connectivity index (χ1n) is 11.0. The number of guanidine groups is 1. The van der Waals surface area contributed by atoms with Gasteiger partial charge in [0.05, 0.1) is 12.8 Å². The van der Waals surface area contributed by atoms with Crippen LogP contribution in [0.4, 0.5) is 5.82 Å². The van der Waals surface area contributed by atoms with Crippen molar-refractivity contribution in [1.29, 1.82) is 0 Å². The highest BCUT2D eigenvalue weighted by Gasteiger charge is 2.21. The molecule has 6 nitrogen and oxygen atoms in total. The summed E-state index contributed by atoms with van der Waals surface area (Å²) in [6.45, 7) is 5.49. The molecule has 3 heterocycles. The Balaban J connectivity index is 0.00000289. The molecule has 2 N–H and O–H groups in total. The molecule has 32 heavy (non-hydrogen) atoms. The fourth-order valence-electron chi connectivity index (χ4n) is 3.76. The molecule has 0 amide bonds. The van der Waals surface area contributed by atoms with Gasteiger partial charge < -0.3 is 20.0 Å². The summed E-state index contributed by atoms with van der Waals surface area (Å²) in [6.07, 6.45) is 6.60. The maximum Gasteiger partial charge on any atom is 0.191 e. The average molecular weight is 545 g/mol. The van der Waals surface area contributed by atoms with Gasteiger partial charge in [-0.15, -0.1) is 24.0 Å². The summed E-state index contributed by atoms with van der Waals surface area (Å²) in [5.74, 6) is 2.91. The second kappa shape index (κ2) is 12.5. The summed E-state index contributed by atoms with van der Waals surface area (Å²) < 4.78 is 5.44. The lowest BCUT2D eigenvalue weighted by Crippen LogP contribution is -2.49. The molecule has 0 atom stereocenters. The third kappa shape index (κ3) is 7.25. The van der Waals surface area contributed by atoms with Crippen molar-refractivity contribution in [2.24, 2.45) is 4.99 Å². The largest absolute Gasteiger partial charge is 0.469 e. The topological polar surface area (TPSA) is 65.7 Å². The molecule has 4 rings (SSSR count). The van der Waals surface area contributed by atoms with Gasteiger partial charge in [0.1, 0.15) is 11.6 Å². The van der Waals surface area contributed by atoms with E-state index >= 15 is 0 Å². The fourth-order valence-corrected chi connectivity index (χ4v) is 3.76. The molecule has 1 aromatic carbocycles. The molecule has 0 spiro atoms. The predicted molar refractivity (Wildman–Crippen MR) is 141 cm³/mol. The zero-order valence-electron chi connectivity index (χ0n) is 18.5. The van der Waals surface area contributed by atoms with E-state index in [9.17, 15) is 0 Å². The van der Waals surface area contributed by atoms with Crippen molar-refractivity contribution in [2.75, 3.05) is 24.5 Å². The van der Waals surface area contributed by atoms with Crippen molar-refractivity contribution in [3.8, 4) is 0 Å². The Morgan fingerprint density at radius 1 is 1.09 bits per heavy atom. The van der Waals surface area contributed by atoms with Crippen LogP contribution in [-0.4, -0.2) is 36.6 Å². The van der Waals surface area contributed by atoms with Gasteiger partial charge in [0.25, 0.3) is 0 Å². The Morgan fingerprint density at radius 2 is 1.91 bits per heavy atom. The number of furan rings is 1. The van der Waals surface area contributed by atoms with Crippen LogP contribution in [0.3, 0.4) is 0 Å². The van der Waals surface area contributed by atoms with Crippen LogP contribution < -0.4 is 15.5 Å². The molecule has 0 saturated carbocycles. The van der Waals surface area contributed by atoms with E-state index in [1.54, 1.807) is 6.26 Å². The minimum absolute atomic E-state index is 0. The average Bonchev–Trinajstić information content (AvgIpc) is 3.33. The second-order valence-corrected chi connectivity index (χ2v) is 8.01. The van der Waals surface area contributed by atoms with Gasteiger partial charge >= 0.3 is 0 Å². The van der Waals surface area contributed by atoms with E-state index in [-0.39, 0.29) is 24.0 Å². The number of anilines is 1. The maximum absolute atomic E-state index is 5.44. The standard InChI is InChI=1S/C25H31N5O.HI/c1-20-9-10-24(27-18-20)30-15-12-22(13-16-30)29-25(26-14-11-23-8-5-17-31-23)28-19-21-6-3-2-4-7-21;/h2-10,17-18,22H,11-16,19H2,1H3,(H2,26,28,29);1H. The molecule has 170 valence electrons. The Hall–Kier alpha value is -2.55. The molecule has 1 fully saturated rings. The van der Waals surface area contributed by atoms with Crippen molar-refractivity contribution in [3.63, 3.8) is 0 Å². The Labute approximate surface area is 207 Å². The number of nitrogens with zero attached hydrogens (tertiary/aromatic N) is 3. The predicted octanol–water partition coefficient (Wildman–Crippen LogP) is 4.55. The van der Waals surface area contributed by atoms with Crippen molar-refractivity contribution in [2.45, 2.75) is 38.8 Å². The molecule has 1 aliphatic rings. The molecular weight excluding hydrogens is 513 g/mol. The number of hydrogen-bond donors (Lipinski definition) is 2. The Bertz CT molecular complexity index is 936. The summed E-state index contributed by atoms with van der Waals surface area (Å²) in [6, 6.07) is 18.9. The van der Waals surface area contributed by atoms with Crippen LogP contribution in [0.5, 0.6) is 0 Å². The van der Waals surface area contributed by atoms with E-state index in [4.69, 9.17) is 9.41 Å². The zero-order valence-corrected chi connectivity index (χ0v) is 20.9. The summed E-state index contributed by atoms with van der Waals surface area (Å²) in [5, 5.41) is 7.13. The number of aromatic nitrogens is 1. The van der Waals surface area contributed by atoms with E-state index in [1.165, 1.54) is 11.1 Å². The number of benzene rings is 1. The lowest BCUT2D eigenvalue weighted by molar-refractivity contribution is 0.458. The quantitative estimate of drug-likeness (QED) is 0.259. The highest BCUT2D eigenvalue weighted by atomic mass is 127. The number of pyridine rings is 1. The summed E-state index contributed by atoms with van der Waals surface area (Å²) in [4.78, 5) is 11.8. The van der Waals surface area contributed by atoms with E-state index < -0.39 is 0 Å². The molecule has 0 radical (unpaired) electrons. The fraction of sp³-hybridized carbons (Fsp3) is 0.360. The smallest absolute Gasteiger partial charge is 0.191 e. The lowest BCUT2D eigenvalue weighted by Gasteiger charge is -2.34. The normalized spacial score (nSPS) is 14.7. The lowest BCUT2D eigenvalue weighted by atomic mass is 10.1. The number of hydrogen-bond acceptors (Lipinski definition) is 4. The minimum atomic E-state index is 0. The Kier molecular flexibility index (Phi) is 9.40. The molecule has 0 bridgehead atoms. The minimum Gasteiger partial charge on any atom is -0.469 e. The first kappa shape index (κ1) is 24.1. The number of nitrogens with one attached hydrogen (secondary N) is 2. The molecule has 0 unspecified atom stereocenters. The molecule has 2 aromatic heterocycles. The monoisotopic (exact) mass is 545 g/mol. The third-order valence-electron chi connectivity index (χ3n) is 5.56. The SMILES string of the molecule is Cc1ccc(N2CCC(NC(=NCc3ccccc3)NCCc3ccco3)CC2)nc1.I. The van der Waals surface area contributed by atoms with Gasteiger partial charge in [-0.2, -0.15) is 0 Å². The van der Waals surface area contributed by atoms with E-state index in [2.05, 4.69) is 63.8 Å². The molecular formula is C25H32IN5O. The van der Waals surface area contributed by atoms with Crippen molar-refractivity contribution in [1.82, 2.24) is 15.6 Å². The van der Waals surface area contributed by atoms with Crippen LogP contribution in [0.15, 0.2) is 76.5 Å². The van der Waals surface area contributed by atoms with Gasteiger partial charge in [0, 0.05) is 38.3 Å². The van der Waals surface area contributed by atoms with Crippen LogP contribution >= 0.6 is 24.0 Å². The van der Waals surface area contributed by atoms with Crippen LogP contribution in [0, 0.1) is 6.92 Å². The maximum atomic E-state index is 5.44. The van der Waals surface area contributed by atoms with Crippen molar-refractivity contribution >= 4 is 35.8 Å². The number of rotatable bonds is 7. The van der Waals surface area contributed by atoms with E-state index in [0.29, 0.717) is 12.6 Å². The third-order valence-corrected chi connectivity index (χ3v) is 5.56. The van der Waals surface area contributed by atoms with Crippen molar-refractivity contribution < 1.29 is 4.42 Å². The van der Waals surface area contributed by atoms with E-state index in [1.807, 2.05) is 24.4 Å². The summed E-state index contributed by atoms with van der Waals surface area (Å²) >= 11 is 0. The molecule has 0 aliphatic carbocycles. The van der Waals surface area contributed by atoms with Crippen LogP contribution in [-0.2, 0) is 13.0 Å². The first-order chi connectivity index (χ1) is 15.3. The van der Waals surface area contributed by atoms with Gasteiger partial charge in [-0.3, -0.25) is 0 Å². The van der Waals surface area contributed by atoms with Gasteiger partial charge in [0.15, 0.2) is 5.96 Å². The number of aryl methyl sites for hydroxylation is 1. The number of halogens is 1. The van der Waals surface area contributed by atoms with Gasteiger partial charge in [-0.25, -0.2) is 9.98 Å². The van der Waals surface area contributed by atoms with Gasteiger partial charge in [-0.1, -0.05) is 36.4 Å². The van der Waals surface area contributed by atoms with Crippen LogP contribution in [0.1, 0.15) is 29.7 Å². The van der Waals surface area contributed by atoms with Gasteiger partial charge in [0.2, 0.25) is 0 Å². The summed E-state index contributed by atoms with van der Waals surface area (Å²) in [5.41, 5.74) is 2.40. The van der Waals surface area contributed by atoms with Crippen molar-refractivity contribution in [3.05, 3.63) is 83.9 Å². The van der Waals surface area contributed by atoms with E-state index in [0.717, 1.165) is 56.4 Å².